The van der Waals surface area contributed by atoms with Gasteiger partial charge in [0.1, 0.15) is 5.52 Å². The SMILES string of the molecule is Cc1ccc2oc(C(=O)N3CCCC3c3noc(C(C)C)n3)cc2n1. The van der Waals surface area contributed by atoms with E-state index in [0.29, 0.717) is 35.1 Å². The summed E-state index contributed by atoms with van der Waals surface area (Å²) in [6, 6.07) is 5.23. The highest BCUT2D eigenvalue weighted by Crippen LogP contribution is 2.33. The van der Waals surface area contributed by atoms with E-state index in [4.69, 9.17) is 8.94 Å². The first kappa shape index (κ1) is 15.8. The second-order valence-electron chi connectivity index (χ2n) is 6.75. The molecular weight excluding hydrogens is 320 g/mol. The van der Waals surface area contributed by atoms with E-state index in [1.54, 1.807) is 11.0 Å². The predicted octanol–water partition coefficient (Wildman–Crippen LogP) is 3.62. The molecule has 0 bridgehead atoms. The van der Waals surface area contributed by atoms with Gasteiger partial charge >= 0.3 is 0 Å². The number of rotatable bonds is 3. The molecule has 0 N–H and O–H groups in total. The first-order chi connectivity index (χ1) is 12.0. The van der Waals surface area contributed by atoms with Gasteiger partial charge in [-0.15, -0.1) is 0 Å². The van der Waals surface area contributed by atoms with E-state index in [-0.39, 0.29) is 17.9 Å². The number of fused-ring (bicyclic) bond motifs is 1. The van der Waals surface area contributed by atoms with Crippen LogP contribution in [0.5, 0.6) is 0 Å². The van der Waals surface area contributed by atoms with Crippen LogP contribution >= 0.6 is 0 Å². The highest BCUT2D eigenvalue weighted by Gasteiger charge is 2.35. The summed E-state index contributed by atoms with van der Waals surface area (Å²) in [5, 5.41) is 4.08. The van der Waals surface area contributed by atoms with E-state index in [9.17, 15) is 4.79 Å². The minimum absolute atomic E-state index is 0.158. The van der Waals surface area contributed by atoms with Crippen LogP contribution in [-0.2, 0) is 0 Å². The standard InChI is InChI=1S/C18H20N4O3/c1-10(2)17-20-16(21-25-17)13-5-4-8-22(13)18(23)15-9-12-14(24-15)7-6-11(3)19-12/h6-7,9-10,13H,4-5,8H2,1-3H3. The van der Waals surface area contributed by atoms with Crippen LogP contribution in [0, 0.1) is 6.92 Å². The molecule has 0 spiro atoms. The molecule has 7 nitrogen and oxygen atoms in total. The Hall–Kier alpha value is -2.70. The Morgan fingerprint density at radius 2 is 2.16 bits per heavy atom. The first-order valence-corrected chi connectivity index (χ1v) is 8.54. The summed E-state index contributed by atoms with van der Waals surface area (Å²) in [5.41, 5.74) is 2.20. The maximum absolute atomic E-state index is 12.9. The quantitative estimate of drug-likeness (QED) is 0.724. The Kier molecular flexibility index (Phi) is 3.78. The maximum atomic E-state index is 12.9. The number of carbonyl (C=O) groups is 1. The Morgan fingerprint density at radius 1 is 1.32 bits per heavy atom. The molecule has 4 heterocycles. The van der Waals surface area contributed by atoms with Crippen molar-refractivity contribution in [1.29, 1.82) is 0 Å². The van der Waals surface area contributed by atoms with Crippen LogP contribution in [0.3, 0.4) is 0 Å². The molecule has 3 aromatic rings. The molecule has 130 valence electrons. The fourth-order valence-corrected chi connectivity index (χ4v) is 3.17. The number of amides is 1. The normalized spacial score (nSPS) is 17.8. The lowest BCUT2D eigenvalue weighted by molar-refractivity contribution is 0.0698. The molecule has 1 aliphatic heterocycles. The molecule has 1 atom stereocenters. The molecule has 7 heteroatoms. The molecule has 1 fully saturated rings. The number of hydrogen-bond donors (Lipinski definition) is 0. The highest BCUT2D eigenvalue weighted by atomic mass is 16.5. The van der Waals surface area contributed by atoms with Gasteiger partial charge in [0.15, 0.2) is 17.2 Å². The van der Waals surface area contributed by atoms with Crippen molar-refractivity contribution >= 4 is 17.0 Å². The van der Waals surface area contributed by atoms with Crippen molar-refractivity contribution in [3.63, 3.8) is 0 Å². The molecule has 0 radical (unpaired) electrons. The van der Waals surface area contributed by atoms with Crippen LogP contribution in [0.1, 0.15) is 66.6 Å². The third kappa shape index (κ3) is 2.79. The number of hydrogen-bond acceptors (Lipinski definition) is 6. The molecule has 0 aliphatic carbocycles. The summed E-state index contributed by atoms with van der Waals surface area (Å²) in [6.45, 7) is 6.56. The summed E-state index contributed by atoms with van der Waals surface area (Å²) >= 11 is 0. The minimum Gasteiger partial charge on any atom is -0.449 e. The van der Waals surface area contributed by atoms with Crippen LogP contribution < -0.4 is 0 Å². The molecule has 1 amide bonds. The zero-order chi connectivity index (χ0) is 17.6. The highest BCUT2D eigenvalue weighted by molar-refractivity contribution is 5.95. The van der Waals surface area contributed by atoms with E-state index < -0.39 is 0 Å². The topological polar surface area (TPSA) is 85.3 Å². The van der Waals surface area contributed by atoms with Gasteiger partial charge in [-0.1, -0.05) is 19.0 Å². The third-order valence-corrected chi connectivity index (χ3v) is 4.49. The lowest BCUT2D eigenvalue weighted by Crippen LogP contribution is -2.30. The number of likely N-dealkylation sites (tertiary alicyclic amines) is 1. The average Bonchev–Trinajstić information content (AvgIpc) is 3.31. The molecule has 4 rings (SSSR count). The number of pyridine rings is 1. The molecule has 25 heavy (non-hydrogen) atoms. The Morgan fingerprint density at radius 3 is 2.92 bits per heavy atom. The third-order valence-electron chi connectivity index (χ3n) is 4.49. The molecule has 1 unspecified atom stereocenters. The van der Waals surface area contributed by atoms with E-state index in [0.717, 1.165) is 18.5 Å². The summed E-state index contributed by atoms with van der Waals surface area (Å²) in [6.07, 6.45) is 1.72. The van der Waals surface area contributed by atoms with Gasteiger partial charge in [0.2, 0.25) is 5.89 Å². The monoisotopic (exact) mass is 340 g/mol. The van der Waals surface area contributed by atoms with Gasteiger partial charge in [-0.05, 0) is 31.9 Å². The number of aromatic nitrogens is 3. The largest absolute Gasteiger partial charge is 0.449 e. The summed E-state index contributed by atoms with van der Waals surface area (Å²) < 4.78 is 11.0. The Bertz CT molecular complexity index is 927. The van der Waals surface area contributed by atoms with Crippen molar-refractivity contribution < 1.29 is 13.7 Å². The second-order valence-corrected chi connectivity index (χ2v) is 6.75. The van der Waals surface area contributed by atoms with Crippen LogP contribution in [0.4, 0.5) is 0 Å². The smallest absolute Gasteiger partial charge is 0.290 e. The summed E-state index contributed by atoms with van der Waals surface area (Å²) in [7, 11) is 0. The van der Waals surface area contributed by atoms with Gasteiger partial charge < -0.3 is 13.8 Å². The van der Waals surface area contributed by atoms with Crippen molar-refractivity contribution in [3.05, 3.63) is 41.4 Å². The number of nitrogens with zero attached hydrogens (tertiary/aromatic N) is 4. The average molecular weight is 340 g/mol. The maximum Gasteiger partial charge on any atom is 0.290 e. The number of aryl methyl sites for hydroxylation is 1. The van der Waals surface area contributed by atoms with Crippen LogP contribution in [0.15, 0.2) is 27.1 Å². The van der Waals surface area contributed by atoms with Gasteiger partial charge in [0.05, 0.1) is 6.04 Å². The predicted molar refractivity (Wildman–Crippen MR) is 90.1 cm³/mol. The fourth-order valence-electron chi connectivity index (χ4n) is 3.17. The van der Waals surface area contributed by atoms with Gasteiger partial charge in [-0.25, -0.2) is 4.98 Å². The van der Waals surface area contributed by atoms with Crippen molar-refractivity contribution in [3.8, 4) is 0 Å². The van der Waals surface area contributed by atoms with Gasteiger partial charge in [0, 0.05) is 24.2 Å². The van der Waals surface area contributed by atoms with E-state index >= 15 is 0 Å². The summed E-state index contributed by atoms with van der Waals surface area (Å²) in [5.74, 6) is 1.47. The zero-order valence-electron chi connectivity index (χ0n) is 14.5. The van der Waals surface area contributed by atoms with E-state index in [2.05, 4.69) is 15.1 Å². The molecule has 1 saturated heterocycles. The zero-order valence-corrected chi connectivity index (χ0v) is 14.5. The van der Waals surface area contributed by atoms with Gasteiger partial charge in [-0.3, -0.25) is 4.79 Å². The van der Waals surface area contributed by atoms with Crippen molar-refractivity contribution in [2.24, 2.45) is 0 Å². The lowest BCUT2D eigenvalue weighted by atomic mass is 10.2. The van der Waals surface area contributed by atoms with Crippen LogP contribution in [0.2, 0.25) is 0 Å². The van der Waals surface area contributed by atoms with Crippen LogP contribution in [-0.4, -0.2) is 32.5 Å². The molecule has 1 aliphatic rings. The molecular formula is C18H20N4O3. The number of furan rings is 1. The second kappa shape index (κ2) is 5.98. The van der Waals surface area contributed by atoms with Gasteiger partial charge in [0.25, 0.3) is 5.91 Å². The number of carbonyl (C=O) groups excluding carboxylic acids is 1. The Labute approximate surface area is 145 Å². The molecule has 3 aromatic heterocycles. The fraction of sp³-hybridized carbons (Fsp3) is 0.444. The first-order valence-electron chi connectivity index (χ1n) is 8.54. The molecule has 0 aromatic carbocycles. The molecule has 0 saturated carbocycles. The van der Waals surface area contributed by atoms with Crippen LogP contribution in [0.25, 0.3) is 11.1 Å². The lowest BCUT2D eigenvalue weighted by Gasteiger charge is -2.20. The van der Waals surface area contributed by atoms with Crippen molar-refractivity contribution in [1.82, 2.24) is 20.0 Å². The van der Waals surface area contributed by atoms with E-state index in [1.165, 1.54) is 0 Å². The Balaban J connectivity index is 1.62. The van der Waals surface area contributed by atoms with Crippen molar-refractivity contribution in [2.45, 2.75) is 45.6 Å². The van der Waals surface area contributed by atoms with Crippen molar-refractivity contribution in [2.75, 3.05) is 6.54 Å². The summed E-state index contributed by atoms with van der Waals surface area (Å²) in [4.78, 5) is 23.6. The van der Waals surface area contributed by atoms with Gasteiger partial charge in [-0.2, -0.15) is 4.98 Å². The van der Waals surface area contributed by atoms with E-state index in [1.807, 2.05) is 32.9 Å². The minimum atomic E-state index is -0.174.